The lowest BCUT2D eigenvalue weighted by molar-refractivity contribution is -0.127. The number of hydrazine groups is 1. The van der Waals surface area contributed by atoms with E-state index < -0.39 is 0 Å². The Bertz CT molecular complexity index is 967. The molecule has 32 heavy (non-hydrogen) atoms. The van der Waals surface area contributed by atoms with Crippen LogP contribution < -0.4 is 10.9 Å². The van der Waals surface area contributed by atoms with Crippen molar-refractivity contribution in [1.29, 1.82) is 0 Å². The molecule has 1 aromatic heterocycles. The van der Waals surface area contributed by atoms with Gasteiger partial charge in [-0.15, -0.1) is 11.3 Å². The summed E-state index contributed by atoms with van der Waals surface area (Å²) in [6.07, 6.45) is 8.11. The number of piperidine rings is 1. The molecule has 3 amide bonds. The number of amides is 3. The fourth-order valence-electron chi connectivity index (χ4n) is 4.57. The molecule has 0 radical (unpaired) electrons. The van der Waals surface area contributed by atoms with Crippen molar-refractivity contribution in [3.63, 3.8) is 0 Å². The molecule has 0 saturated carbocycles. The fraction of sp³-hybridized carbons (Fsp3) is 0.480. The van der Waals surface area contributed by atoms with Crippen LogP contribution in [0.4, 0.5) is 0 Å². The minimum atomic E-state index is -0.248. The third-order valence-electron chi connectivity index (χ3n) is 6.55. The third kappa shape index (κ3) is 5.21. The van der Waals surface area contributed by atoms with E-state index >= 15 is 0 Å². The zero-order valence-electron chi connectivity index (χ0n) is 18.6. The summed E-state index contributed by atoms with van der Waals surface area (Å²) in [6.45, 7) is 3.01. The Kier molecular flexibility index (Phi) is 7.25. The maximum Gasteiger partial charge on any atom is 0.279 e. The van der Waals surface area contributed by atoms with E-state index in [0.29, 0.717) is 36.4 Å². The van der Waals surface area contributed by atoms with Crippen molar-refractivity contribution in [2.75, 3.05) is 13.1 Å². The van der Waals surface area contributed by atoms with Gasteiger partial charge in [-0.05, 0) is 68.7 Å². The summed E-state index contributed by atoms with van der Waals surface area (Å²) < 4.78 is 0. The third-order valence-corrected chi connectivity index (χ3v) is 7.78. The van der Waals surface area contributed by atoms with Crippen molar-refractivity contribution >= 4 is 29.1 Å². The van der Waals surface area contributed by atoms with Crippen LogP contribution in [0.15, 0.2) is 30.3 Å². The Balaban J connectivity index is 1.26. The molecule has 1 aliphatic heterocycles. The Morgan fingerprint density at radius 3 is 2.44 bits per heavy atom. The lowest BCUT2D eigenvalue weighted by Gasteiger charge is -2.31. The van der Waals surface area contributed by atoms with Crippen molar-refractivity contribution in [2.45, 2.75) is 58.3 Å². The molecule has 6 nitrogen and oxygen atoms in total. The maximum atomic E-state index is 12.8. The molecule has 4 rings (SSSR count). The number of thiophene rings is 1. The van der Waals surface area contributed by atoms with E-state index in [4.69, 9.17) is 0 Å². The van der Waals surface area contributed by atoms with Gasteiger partial charge in [0.05, 0.1) is 4.88 Å². The monoisotopic (exact) mass is 453 g/mol. The topological polar surface area (TPSA) is 78.5 Å². The van der Waals surface area contributed by atoms with Crippen LogP contribution in [0.3, 0.4) is 0 Å². The second-order valence-corrected chi connectivity index (χ2v) is 9.93. The second-order valence-electron chi connectivity index (χ2n) is 8.80. The number of likely N-dealkylation sites (tertiary alicyclic amines) is 1. The number of carbonyl (C=O) groups excluding carboxylic acids is 3. The van der Waals surface area contributed by atoms with Gasteiger partial charge in [-0.2, -0.15) is 0 Å². The molecule has 0 atom stereocenters. The lowest BCUT2D eigenvalue weighted by atomic mass is 9.95. The summed E-state index contributed by atoms with van der Waals surface area (Å²) in [7, 11) is 0. The van der Waals surface area contributed by atoms with Gasteiger partial charge >= 0.3 is 0 Å². The summed E-state index contributed by atoms with van der Waals surface area (Å²) in [5, 5.41) is 0. The number of nitrogens with zero attached hydrogens (tertiary/aromatic N) is 1. The highest BCUT2D eigenvalue weighted by Gasteiger charge is 2.28. The van der Waals surface area contributed by atoms with Gasteiger partial charge in [0, 0.05) is 29.4 Å². The molecule has 1 fully saturated rings. The molecule has 1 aliphatic carbocycles. The molecule has 0 unspecified atom stereocenters. The summed E-state index contributed by atoms with van der Waals surface area (Å²) in [6, 6.07) is 9.56. The van der Waals surface area contributed by atoms with Crippen molar-refractivity contribution in [3.8, 4) is 0 Å². The van der Waals surface area contributed by atoms with Gasteiger partial charge in [0.25, 0.3) is 11.8 Å². The highest BCUT2D eigenvalue weighted by molar-refractivity contribution is 7.14. The van der Waals surface area contributed by atoms with Gasteiger partial charge in [-0.3, -0.25) is 25.2 Å². The Morgan fingerprint density at radius 2 is 1.69 bits per heavy atom. The minimum absolute atomic E-state index is 0.0172. The van der Waals surface area contributed by atoms with Crippen LogP contribution in [0, 0.1) is 12.8 Å². The summed E-state index contributed by atoms with van der Waals surface area (Å²) >= 11 is 1.55. The molecule has 1 aromatic carbocycles. The van der Waals surface area contributed by atoms with E-state index in [1.165, 1.54) is 36.1 Å². The standard InChI is InChI=1S/C25H31N3O3S/c1-17-8-6-7-10-20(17)25(31)28-14-12-18(13-15-28)23(29)26-27-24(30)22-16-19-9-4-2-3-5-11-21(19)32-22/h6-8,10,16,18H,2-5,9,11-15H2,1H3,(H,26,29)(H,27,30). The molecule has 0 spiro atoms. The number of hydrogen-bond donors (Lipinski definition) is 2. The number of fused-ring (bicyclic) bond motifs is 1. The number of aryl methyl sites for hydroxylation is 3. The zero-order chi connectivity index (χ0) is 22.5. The molecule has 2 aromatic rings. The number of nitrogens with one attached hydrogen (secondary N) is 2. The number of rotatable bonds is 3. The van der Waals surface area contributed by atoms with Crippen molar-refractivity contribution < 1.29 is 14.4 Å². The van der Waals surface area contributed by atoms with E-state index in [9.17, 15) is 14.4 Å². The predicted molar refractivity (Wildman–Crippen MR) is 126 cm³/mol. The van der Waals surface area contributed by atoms with Crippen molar-refractivity contribution in [1.82, 2.24) is 15.8 Å². The molecule has 7 heteroatoms. The smallest absolute Gasteiger partial charge is 0.279 e. The van der Waals surface area contributed by atoms with E-state index in [2.05, 4.69) is 10.9 Å². The summed E-state index contributed by atoms with van der Waals surface area (Å²) in [5.74, 6) is -0.623. The average molecular weight is 454 g/mol. The van der Waals surface area contributed by atoms with Gasteiger partial charge in [-0.25, -0.2) is 0 Å². The first-order valence-electron chi connectivity index (χ1n) is 11.6. The largest absolute Gasteiger partial charge is 0.339 e. The second kappa shape index (κ2) is 10.3. The van der Waals surface area contributed by atoms with Crippen LogP contribution >= 0.6 is 11.3 Å². The van der Waals surface area contributed by atoms with Crippen LogP contribution in [-0.2, 0) is 17.6 Å². The first kappa shape index (κ1) is 22.5. The van der Waals surface area contributed by atoms with Crippen LogP contribution in [0.2, 0.25) is 0 Å². The summed E-state index contributed by atoms with van der Waals surface area (Å²) in [4.78, 5) is 41.7. The molecular weight excluding hydrogens is 422 g/mol. The summed E-state index contributed by atoms with van der Waals surface area (Å²) in [5.41, 5.74) is 8.16. The Labute approximate surface area is 193 Å². The predicted octanol–water partition coefficient (Wildman–Crippen LogP) is 4.03. The Morgan fingerprint density at radius 1 is 0.969 bits per heavy atom. The van der Waals surface area contributed by atoms with Crippen molar-refractivity contribution in [2.24, 2.45) is 5.92 Å². The molecular formula is C25H31N3O3S. The SMILES string of the molecule is Cc1ccccc1C(=O)N1CCC(C(=O)NNC(=O)c2cc3c(s2)CCCCCC3)CC1. The first-order valence-corrected chi connectivity index (χ1v) is 12.4. The van der Waals surface area contributed by atoms with Crippen LogP contribution in [-0.4, -0.2) is 35.7 Å². The highest BCUT2D eigenvalue weighted by atomic mass is 32.1. The van der Waals surface area contributed by atoms with Crippen LogP contribution in [0.25, 0.3) is 0 Å². The number of benzene rings is 1. The number of carbonyl (C=O) groups is 3. The van der Waals surface area contributed by atoms with Gasteiger partial charge in [-0.1, -0.05) is 31.0 Å². The molecule has 2 N–H and O–H groups in total. The first-order chi connectivity index (χ1) is 15.5. The van der Waals surface area contributed by atoms with Crippen LogP contribution in [0.1, 0.15) is 74.6 Å². The maximum absolute atomic E-state index is 12.8. The molecule has 2 aliphatic rings. The van der Waals surface area contributed by atoms with Gasteiger partial charge in [0.1, 0.15) is 0 Å². The normalized spacial score (nSPS) is 17.1. The number of hydrogen-bond acceptors (Lipinski definition) is 4. The minimum Gasteiger partial charge on any atom is -0.339 e. The highest BCUT2D eigenvalue weighted by Crippen LogP contribution is 2.28. The van der Waals surface area contributed by atoms with E-state index in [1.54, 1.807) is 11.3 Å². The average Bonchev–Trinajstić information content (AvgIpc) is 3.19. The van der Waals surface area contributed by atoms with E-state index in [0.717, 1.165) is 18.4 Å². The molecule has 2 heterocycles. The van der Waals surface area contributed by atoms with E-state index in [1.807, 2.05) is 42.2 Å². The lowest BCUT2D eigenvalue weighted by Crippen LogP contribution is -2.48. The van der Waals surface area contributed by atoms with Gasteiger partial charge in [0.2, 0.25) is 5.91 Å². The van der Waals surface area contributed by atoms with Gasteiger partial charge < -0.3 is 4.90 Å². The molecule has 0 bridgehead atoms. The molecule has 1 saturated heterocycles. The quantitative estimate of drug-likeness (QED) is 0.689. The zero-order valence-corrected chi connectivity index (χ0v) is 19.4. The Hall–Kier alpha value is -2.67. The molecule has 170 valence electrons. The van der Waals surface area contributed by atoms with Crippen LogP contribution in [0.5, 0.6) is 0 Å². The van der Waals surface area contributed by atoms with Crippen molar-refractivity contribution in [3.05, 3.63) is 56.8 Å². The van der Waals surface area contributed by atoms with Gasteiger partial charge in [0.15, 0.2) is 0 Å². The van der Waals surface area contributed by atoms with E-state index in [-0.39, 0.29) is 23.6 Å². The fourth-order valence-corrected chi connectivity index (χ4v) is 5.71.